The van der Waals surface area contributed by atoms with E-state index in [1.165, 1.54) is 19.1 Å². The number of ketones is 1. The van der Waals surface area contributed by atoms with E-state index >= 15 is 0 Å². The van der Waals surface area contributed by atoms with Crippen LogP contribution in [-0.2, 0) is 6.54 Å². The molecule has 0 amide bonds. The predicted octanol–water partition coefficient (Wildman–Crippen LogP) is 4.31. The fraction of sp³-hybridized carbons (Fsp3) is 0.462. The van der Waals surface area contributed by atoms with Gasteiger partial charge in [-0.2, -0.15) is 0 Å². The second-order valence-electron chi connectivity index (χ2n) is 7.89. The summed E-state index contributed by atoms with van der Waals surface area (Å²) in [6.45, 7) is 9.90. The van der Waals surface area contributed by atoms with Gasteiger partial charge in [0.25, 0.3) is 0 Å². The minimum atomic E-state index is -0.566. The number of unbranched alkanes of at least 4 members (excludes halogenated alkanes) is 1. The molecule has 2 aromatic carbocycles. The maximum Gasteiger partial charge on any atom is 0.419 e. The average Bonchev–Trinajstić information content (AvgIpc) is 3.19. The number of hydrogen-bond donors (Lipinski definition) is 1. The van der Waals surface area contributed by atoms with Crippen molar-refractivity contribution in [3.8, 4) is 0 Å². The Labute approximate surface area is 204 Å². The number of benzene rings is 2. The van der Waals surface area contributed by atoms with Crippen LogP contribution in [0.3, 0.4) is 0 Å². The molecule has 3 aromatic rings. The molecule has 192 valence electrons. The number of nitrogens with zero attached hydrogens (tertiary/aromatic N) is 3. The summed E-state index contributed by atoms with van der Waals surface area (Å²) in [5.74, 6) is -1.57. The van der Waals surface area contributed by atoms with E-state index in [1.54, 1.807) is 22.8 Å². The Morgan fingerprint density at radius 3 is 2.26 bits per heavy atom. The van der Waals surface area contributed by atoms with Crippen molar-refractivity contribution in [3.63, 3.8) is 0 Å². The van der Waals surface area contributed by atoms with Crippen LogP contribution in [0.5, 0.6) is 0 Å². The van der Waals surface area contributed by atoms with E-state index in [1.807, 2.05) is 18.7 Å². The van der Waals surface area contributed by atoms with E-state index in [9.17, 15) is 18.4 Å². The highest BCUT2D eigenvalue weighted by atomic mass is 19.1. The lowest BCUT2D eigenvalue weighted by Crippen LogP contribution is -2.47. The van der Waals surface area contributed by atoms with Gasteiger partial charge in [0.1, 0.15) is 11.6 Å². The zero-order valence-corrected chi connectivity index (χ0v) is 20.9. The van der Waals surface area contributed by atoms with Crippen LogP contribution in [-0.4, -0.2) is 60.2 Å². The van der Waals surface area contributed by atoms with Gasteiger partial charge in [0.2, 0.25) is 0 Å². The molecule has 1 aliphatic heterocycles. The number of carbonyl (C=O) groups excluding carboxylic acids is 1. The first-order valence-electron chi connectivity index (χ1n) is 11.9. The number of hydrogen-bond acceptors (Lipinski definition) is 6. The van der Waals surface area contributed by atoms with Crippen LogP contribution < -0.4 is 10.7 Å². The number of Topliss-reactive ketones (excluding diaryl/α,β-unsaturated/α-hetero) is 1. The molecule has 1 fully saturated rings. The maximum absolute atomic E-state index is 14.0. The Morgan fingerprint density at radius 1 is 0.971 bits per heavy atom. The van der Waals surface area contributed by atoms with E-state index in [4.69, 9.17) is 9.52 Å². The van der Waals surface area contributed by atoms with Crippen LogP contribution in [0, 0.1) is 11.6 Å². The highest BCUT2D eigenvalue weighted by molar-refractivity contribution is 5.96. The average molecular weight is 492 g/mol. The molecule has 4 rings (SSSR count). The Morgan fingerprint density at radius 2 is 1.63 bits per heavy atom. The van der Waals surface area contributed by atoms with E-state index in [0.29, 0.717) is 42.0 Å². The van der Waals surface area contributed by atoms with E-state index in [-0.39, 0.29) is 5.78 Å². The van der Waals surface area contributed by atoms with Crippen LogP contribution in [0.25, 0.3) is 11.1 Å². The number of carbonyl (C=O) groups is 1. The van der Waals surface area contributed by atoms with Gasteiger partial charge < -0.3 is 14.4 Å². The zero-order valence-electron chi connectivity index (χ0n) is 20.9. The van der Waals surface area contributed by atoms with Gasteiger partial charge in [-0.15, -0.1) is 0 Å². The fourth-order valence-corrected chi connectivity index (χ4v) is 4.05. The first kappa shape index (κ1) is 28.2. The number of aryl methyl sites for hydroxylation is 1. The summed E-state index contributed by atoms with van der Waals surface area (Å²) >= 11 is 0. The third-order valence-corrected chi connectivity index (χ3v) is 5.80. The van der Waals surface area contributed by atoms with E-state index < -0.39 is 17.4 Å². The third kappa shape index (κ3) is 7.22. The summed E-state index contributed by atoms with van der Waals surface area (Å²) in [5, 5.41) is 7.00. The van der Waals surface area contributed by atoms with Gasteiger partial charge in [-0.25, -0.2) is 13.6 Å². The lowest BCUT2D eigenvalue weighted by molar-refractivity contribution is 0.101. The summed E-state index contributed by atoms with van der Waals surface area (Å²) in [6, 6.07) is 8.77. The second kappa shape index (κ2) is 13.7. The number of oxazole rings is 1. The molecule has 1 saturated heterocycles. The molecule has 0 atom stereocenters. The summed E-state index contributed by atoms with van der Waals surface area (Å²) in [7, 11) is 1.00. The molecule has 0 aliphatic carbocycles. The Kier molecular flexibility index (Phi) is 11.1. The molecular weight excluding hydrogens is 456 g/mol. The number of aliphatic hydroxyl groups is 1. The van der Waals surface area contributed by atoms with Crippen molar-refractivity contribution in [1.29, 1.82) is 0 Å². The van der Waals surface area contributed by atoms with E-state index in [2.05, 4.69) is 4.90 Å². The molecule has 0 spiro atoms. The lowest BCUT2D eigenvalue weighted by Gasteiger charge is -2.36. The standard InChI is InChI=1S/C23H25F2N3O3.C2H6.CH4O/c1-16(29)17-4-6-21-22(14-17)31-23(30)28(21)9-3-2-8-26-10-12-27(13-11-26)20-7-5-18(24)15-19(20)25;2*1-2/h4-7,14-15H,2-3,8-13H2,1H3;1-2H3;2H,1H3. The van der Waals surface area contributed by atoms with Gasteiger partial charge in [0.05, 0.1) is 11.2 Å². The van der Waals surface area contributed by atoms with Gasteiger partial charge in [-0.1, -0.05) is 13.8 Å². The van der Waals surface area contributed by atoms with Gasteiger partial charge in [0.15, 0.2) is 11.4 Å². The molecule has 9 heteroatoms. The first-order valence-corrected chi connectivity index (χ1v) is 11.9. The number of aliphatic hydroxyl groups excluding tert-OH is 1. The van der Waals surface area contributed by atoms with Gasteiger partial charge in [-0.3, -0.25) is 14.3 Å². The molecule has 0 unspecified atom stereocenters. The molecule has 35 heavy (non-hydrogen) atoms. The highest BCUT2D eigenvalue weighted by Gasteiger charge is 2.19. The summed E-state index contributed by atoms with van der Waals surface area (Å²) in [4.78, 5) is 27.9. The van der Waals surface area contributed by atoms with Crippen molar-refractivity contribution < 1.29 is 23.1 Å². The van der Waals surface area contributed by atoms with Crippen molar-refractivity contribution >= 4 is 22.6 Å². The largest absolute Gasteiger partial charge is 0.419 e. The van der Waals surface area contributed by atoms with Crippen molar-refractivity contribution in [2.45, 2.75) is 40.2 Å². The predicted molar refractivity (Wildman–Crippen MR) is 134 cm³/mol. The zero-order chi connectivity index (χ0) is 26.0. The lowest BCUT2D eigenvalue weighted by atomic mass is 10.1. The minimum Gasteiger partial charge on any atom is -0.408 e. The SMILES string of the molecule is CC.CC(=O)c1ccc2c(c1)oc(=O)n2CCCCN1CCN(c2ccc(F)cc2F)CC1.CO. The van der Waals surface area contributed by atoms with Crippen molar-refractivity contribution in [1.82, 2.24) is 9.47 Å². The highest BCUT2D eigenvalue weighted by Crippen LogP contribution is 2.22. The molecule has 1 N–H and O–H groups in total. The van der Waals surface area contributed by atoms with Gasteiger partial charge >= 0.3 is 5.76 Å². The van der Waals surface area contributed by atoms with Crippen LogP contribution in [0.4, 0.5) is 14.5 Å². The van der Waals surface area contributed by atoms with Gasteiger partial charge in [0, 0.05) is 51.5 Å². The molecule has 0 bridgehead atoms. The molecule has 0 saturated carbocycles. The van der Waals surface area contributed by atoms with Crippen molar-refractivity contribution in [2.75, 3.05) is 44.7 Å². The Balaban J connectivity index is 0.00000103. The second-order valence-corrected chi connectivity index (χ2v) is 7.89. The van der Waals surface area contributed by atoms with Crippen LogP contribution in [0.15, 0.2) is 45.6 Å². The fourth-order valence-electron chi connectivity index (χ4n) is 4.05. The smallest absolute Gasteiger partial charge is 0.408 e. The molecule has 2 heterocycles. The quantitative estimate of drug-likeness (QED) is 0.392. The minimum absolute atomic E-state index is 0.0698. The summed E-state index contributed by atoms with van der Waals surface area (Å²) in [6.07, 6.45) is 1.73. The van der Waals surface area contributed by atoms with Gasteiger partial charge in [-0.05, 0) is 56.6 Å². The van der Waals surface area contributed by atoms with E-state index in [0.717, 1.165) is 45.7 Å². The number of rotatable bonds is 7. The van der Waals surface area contributed by atoms with Crippen LogP contribution in [0.1, 0.15) is 44.0 Å². The maximum atomic E-state index is 14.0. The number of piperazine rings is 1. The molecule has 1 aliphatic rings. The van der Waals surface area contributed by atoms with Crippen molar-refractivity contribution in [3.05, 3.63) is 64.1 Å². The first-order chi connectivity index (χ1) is 16.9. The molecule has 1 aromatic heterocycles. The topological polar surface area (TPSA) is 78.9 Å². The number of anilines is 1. The molecule has 0 radical (unpaired) electrons. The summed E-state index contributed by atoms with van der Waals surface area (Å²) in [5.41, 5.74) is 2.10. The third-order valence-electron chi connectivity index (χ3n) is 5.80. The number of fused-ring (bicyclic) bond motifs is 1. The van der Waals surface area contributed by atoms with Crippen molar-refractivity contribution in [2.24, 2.45) is 0 Å². The van der Waals surface area contributed by atoms with Crippen LogP contribution >= 0.6 is 0 Å². The molecule has 7 nitrogen and oxygen atoms in total. The Hall–Kier alpha value is -3.04. The molecular formula is C26H35F2N3O4. The monoisotopic (exact) mass is 491 g/mol. The number of halogens is 2. The van der Waals surface area contributed by atoms with Crippen LogP contribution in [0.2, 0.25) is 0 Å². The normalized spacial score (nSPS) is 13.6. The summed E-state index contributed by atoms with van der Waals surface area (Å²) < 4.78 is 34.0. The number of aromatic nitrogens is 1. The Bertz CT molecular complexity index is 1150.